The number of nitrogens with one attached hydrogen (secondary N) is 1. The molecule has 0 saturated carbocycles. The topological polar surface area (TPSA) is 56.2 Å². The van der Waals surface area contributed by atoms with E-state index in [0.29, 0.717) is 13.2 Å². The van der Waals surface area contributed by atoms with E-state index in [0.717, 1.165) is 41.1 Å². The van der Waals surface area contributed by atoms with Gasteiger partial charge in [0.05, 0.1) is 24.2 Å². The largest absolute Gasteiger partial charge is 0.493 e. The van der Waals surface area contributed by atoms with Gasteiger partial charge >= 0.3 is 0 Å². The average Bonchev–Trinajstić information content (AvgIpc) is 2.96. The maximum Gasteiger partial charge on any atom is 0.217 e. The second kappa shape index (κ2) is 8.04. The van der Waals surface area contributed by atoms with Crippen molar-refractivity contribution in [1.82, 2.24) is 14.9 Å². The van der Waals surface area contributed by atoms with Crippen LogP contribution in [0.25, 0.3) is 11.0 Å². The van der Waals surface area contributed by atoms with Crippen LogP contribution in [-0.2, 0) is 17.9 Å². The third kappa shape index (κ3) is 4.23. The predicted molar refractivity (Wildman–Crippen MR) is 103 cm³/mol. The third-order valence-corrected chi connectivity index (χ3v) is 4.34. The highest BCUT2D eigenvalue weighted by atomic mass is 16.5. The highest BCUT2D eigenvalue weighted by molar-refractivity contribution is 5.76. The Bertz CT molecular complexity index is 915. The van der Waals surface area contributed by atoms with Crippen LogP contribution in [0.1, 0.15) is 30.3 Å². The Morgan fingerprint density at radius 2 is 2.00 bits per heavy atom. The van der Waals surface area contributed by atoms with Crippen LogP contribution in [0.15, 0.2) is 42.5 Å². The minimum atomic E-state index is -0.0539. The smallest absolute Gasteiger partial charge is 0.217 e. The molecule has 0 fully saturated rings. The van der Waals surface area contributed by atoms with Gasteiger partial charge in [0.15, 0.2) is 0 Å². The number of amides is 1. The monoisotopic (exact) mass is 351 g/mol. The first-order valence-electron chi connectivity index (χ1n) is 8.93. The minimum Gasteiger partial charge on any atom is -0.493 e. The molecule has 0 unspecified atom stereocenters. The average molecular weight is 351 g/mol. The van der Waals surface area contributed by atoms with Crippen molar-refractivity contribution >= 4 is 16.9 Å². The first kappa shape index (κ1) is 18.0. The van der Waals surface area contributed by atoms with E-state index >= 15 is 0 Å². The summed E-state index contributed by atoms with van der Waals surface area (Å²) in [5.41, 5.74) is 4.43. The molecular weight excluding hydrogens is 326 g/mol. The highest BCUT2D eigenvalue weighted by Gasteiger charge is 2.10. The zero-order chi connectivity index (χ0) is 18.5. The van der Waals surface area contributed by atoms with Gasteiger partial charge in [-0.05, 0) is 44.0 Å². The van der Waals surface area contributed by atoms with Crippen LogP contribution in [0.2, 0.25) is 0 Å². The molecule has 1 heterocycles. The highest BCUT2D eigenvalue weighted by Crippen LogP contribution is 2.20. The summed E-state index contributed by atoms with van der Waals surface area (Å²) in [6.07, 6.45) is 0.862. The molecule has 5 nitrogen and oxygen atoms in total. The number of fused-ring (bicyclic) bond motifs is 1. The summed E-state index contributed by atoms with van der Waals surface area (Å²) >= 11 is 0. The first-order chi connectivity index (χ1) is 12.5. The molecule has 0 saturated heterocycles. The van der Waals surface area contributed by atoms with E-state index < -0.39 is 0 Å². The van der Waals surface area contributed by atoms with Crippen molar-refractivity contribution in [3.63, 3.8) is 0 Å². The Balaban J connectivity index is 1.67. The molecule has 1 amide bonds. The van der Waals surface area contributed by atoms with Crippen LogP contribution in [0.3, 0.4) is 0 Å². The summed E-state index contributed by atoms with van der Waals surface area (Å²) < 4.78 is 8.10. The van der Waals surface area contributed by atoms with Gasteiger partial charge in [0, 0.05) is 13.5 Å². The molecule has 1 N–H and O–H groups in total. The Labute approximate surface area is 154 Å². The summed E-state index contributed by atoms with van der Waals surface area (Å²) in [6, 6.07) is 14.3. The number of ether oxygens (including phenoxy) is 1. The SMILES string of the molecule is CC(=O)NCc1nc2ccccc2n1CCCOc1ccc(C)cc1C. The van der Waals surface area contributed by atoms with Crippen LogP contribution in [-0.4, -0.2) is 22.1 Å². The van der Waals surface area contributed by atoms with Crippen molar-refractivity contribution in [2.24, 2.45) is 0 Å². The predicted octanol–water partition coefficient (Wildman–Crippen LogP) is 3.76. The van der Waals surface area contributed by atoms with Crippen LogP contribution in [0.5, 0.6) is 5.75 Å². The van der Waals surface area contributed by atoms with Gasteiger partial charge in [-0.2, -0.15) is 0 Å². The standard InChI is InChI=1S/C21H25N3O2/c1-15-9-10-20(16(2)13-15)26-12-6-11-24-19-8-5-4-7-18(19)23-21(24)14-22-17(3)25/h4-5,7-10,13H,6,11-12,14H2,1-3H3,(H,22,25). The second-order valence-electron chi connectivity index (χ2n) is 6.55. The van der Waals surface area contributed by atoms with Crippen molar-refractivity contribution in [2.45, 2.75) is 40.3 Å². The molecule has 0 bridgehead atoms. The van der Waals surface area contributed by atoms with Crippen molar-refractivity contribution in [3.8, 4) is 5.75 Å². The number of hydrogen-bond acceptors (Lipinski definition) is 3. The maximum atomic E-state index is 11.2. The number of rotatable bonds is 7. The molecule has 2 aromatic carbocycles. The molecule has 0 atom stereocenters. The lowest BCUT2D eigenvalue weighted by atomic mass is 10.1. The molecule has 5 heteroatoms. The van der Waals surface area contributed by atoms with E-state index in [-0.39, 0.29) is 5.91 Å². The molecule has 0 aliphatic heterocycles. The Kier molecular flexibility index (Phi) is 5.56. The van der Waals surface area contributed by atoms with Gasteiger partial charge in [-0.3, -0.25) is 4.79 Å². The lowest BCUT2D eigenvalue weighted by Gasteiger charge is -2.12. The number of para-hydroxylation sites is 2. The Morgan fingerprint density at radius 3 is 2.77 bits per heavy atom. The molecule has 0 aliphatic carbocycles. The van der Waals surface area contributed by atoms with Crippen molar-refractivity contribution < 1.29 is 9.53 Å². The number of aryl methyl sites for hydroxylation is 3. The number of benzene rings is 2. The van der Waals surface area contributed by atoms with E-state index in [2.05, 4.69) is 46.9 Å². The fourth-order valence-electron chi connectivity index (χ4n) is 3.08. The normalized spacial score (nSPS) is 10.9. The van der Waals surface area contributed by atoms with Gasteiger partial charge in [0.25, 0.3) is 0 Å². The van der Waals surface area contributed by atoms with Crippen LogP contribution in [0.4, 0.5) is 0 Å². The van der Waals surface area contributed by atoms with E-state index in [9.17, 15) is 4.79 Å². The summed E-state index contributed by atoms with van der Waals surface area (Å²) in [6.45, 7) is 7.53. The van der Waals surface area contributed by atoms with Gasteiger partial charge in [-0.1, -0.05) is 29.8 Å². The molecule has 0 radical (unpaired) electrons. The molecular formula is C21H25N3O2. The van der Waals surface area contributed by atoms with Crippen LogP contribution >= 0.6 is 0 Å². The second-order valence-corrected chi connectivity index (χ2v) is 6.55. The number of nitrogens with zero attached hydrogens (tertiary/aromatic N) is 2. The van der Waals surface area contributed by atoms with Crippen LogP contribution < -0.4 is 10.1 Å². The zero-order valence-electron chi connectivity index (χ0n) is 15.6. The minimum absolute atomic E-state index is 0.0539. The van der Waals surface area contributed by atoms with Crippen molar-refractivity contribution in [2.75, 3.05) is 6.61 Å². The molecule has 0 spiro atoms. The summed E-state index contributed by atoms with van der Waals surface area (Å²) in [7, 11) is 0. The lowest BCUT2D eigenvalue weighted by molar-refractivity contribution is -0.119. The molecule has 136 valence electrons. The quantitative estimate of drug-likeness (QED) is 0.660. The van der Waals surface area contributed by atoms with Gasteiger partial charge < -0.3 is 14.6 Å². The number of carbonyl (C=O) groups excluding carboxylic acids is 1. The van der Waals surface area contributed by atoms with Gasteiger partial charge in [-0.15, -0.1) is 0 Å². The van der Waals surface area contributed by atoms with E-state index in [1.54, 1.807) is 0 Å². The van der Waals surface area contributed by atoms with Crippen LogP contribution in [0, 0.1) is 13.8 Å². The number of hydrogen-bond donors (Lipinski definition) is 1. The summed E-state index contributed by atoms with van der Waals surface area (Å²) in [5, 5.41) is 2.84. The van der Waals surface area contributed by atoms with Gasteiger partial charge in [0.1, 0.15) is 11.6 Å². The van der Waals surface area contributed by atoms with Crippen molar-refractivity contribution in [1.29, 1.82) is 0 Å². The van der Waals surface area contributed by atoms with E-state index in [1.165, 1.54) is 12.5 Å². The summed E-state index contributed by atoms with van der Waals surface area (Å²) in [4.78, 5) is 15.9. The van der Waals surface area contributed by atoms with Gasteiger partial charge in [-0.25, -0.2) is 4.98 Å². The zero-order valence-corrected chi connectivity index (χ0v) is 15.6. The Morgan fingerprint density at radius 1 is 1.19 bits per heavy atom. The van der Waals surface area contributed by atoms with E-state index in [1.807, 2.05) is 24.3 Å². The first-order valence-corrected chi connectivity index (χ1v) is 8.93. The van der Waals surface area contributed by atoms with Crippen molar-refractivity contribution in [3.05, 3.63) is 59.4 Å². The molecule has 3 aromatic rings. The maximum absolute atomic E-state index is 11.2. The lowest BCUT2D eigenvalue weighted by Crippen LogP contribution is -2.22. The molecule has 0 aliphatic rings. The van der Waals surface area contributed by atoms with E-state index in [4.69, 9.17) is 4.74 Å². The Hall–Kier alpha value is -2.82. The number of carbonyl (C=O) groups is 1. The fourth-order valence-corrected chi connectivity index (χ4v) is 3.08. The fraction of sp³-hybridized carbons (Fsp3) is 0.333. The summed E-state index contributed by atoms with van der Waals surface area (Å²) in [5.74, 6) is 1.75. The van der Waals surface area contributed by atoms with Gasteiger partial charge in [0.2, 0.25) is 5.91 Å². The number of imidazole rings is 1. The molecule has 26 heavy (non-hydrogen) atoms. The number of aromatic nitrogens is 2. The molecule has 3 rings (SSSR count). The third-order valence-electron chi connectivity index (χ3n) is 4.34. The molecule has 1 aromatic heterocycles.